The molecule has 2 aliphatic heterocycles. The minimum absolute atomic E-state index is 0.0396. The quantitative estimate of drug-likeness (QED) is 0.394. The SMILES string of the molecule is O=C(C1=CNc2cc(C(F)(F)F)nn2C1c1ccc(Cl)c(Cl)c1)N1CCCC1CCc1ccccc1. The summed E-state index contributed by atoms with van der Waals surface area (Å²) in [5.74, 6) is -0.0964. The van der Waals surface area contributed by atoms with Crippen molar-refractivity contribution in [1.82, 2.24) is 14.7 Å². The molecule has 10 heteroatoms. The number of hydrogen-bond acceptors (Lipinski definition) is 3. The standard InChI is InChI=1S/C26H23Cl2F3N4O/c27-20-11-9-17(13-21(20)28)24-19(15-32-23-14-22(26(29,30)31)33-35(23)24)25(36)34-12-4-7-18(34)10-8-16-5-2-1-3-6-16/h1-3,5-6,9,11,13-15,18,24,32H,4,7-8,10,12H2. The minimum atomic E-state index is -4.63. The van der Waals surface area contributed by atoms with Crippen LogP contribution in [0.4, 0.5) is 19.0 Å². The largest absolute Gasteiger partial charge is 0.435 e. The molecule has 3 aromatic rings. The third-order valence-electron chi connectivity index (χ3n) is 6.69. The number of nitrogens with zero attached hydrogens (tertiary/aromatic N) is 3. The Labute approximate surface area is 216 Å². The average Bonchev–Trinajstić information content (AvgIpc) is 3.51. The van der Waals surface area contributed by atoms with Gasteiger partial charge in [-0.2, -0.15) is 18.3 Å². The van der Waals surface area contributed by atoms with Crippen LogP contribution in [0.1, 0.15) is 42.1 Å². The number of hydrogen-bond donors (Lipinski definition) is 1. The first-order chi connectivity index (χ1) is 17.2. The van der Waals surface area contributed by atoms with E-state index < -0.39 is 17.9 Å². The average molecular weight is 535 g/mol. The van der Waals surface area contributed by atoms with Crippen molar-refractivity contribution in [2.75, 3.05) is 11.9 Å². The second-order valence-electron chi connectivity index (χ2n) is 9.00. The van der Waals surface area contributed by atoms with Crippen LogP contribution in [0.5, 0.6) is 0 Å². The third-order valence-corrected chi connectivity index (χ3v) is 7.43. The maximum Gasteiger partial charge on any atom is 0.435 e. The lowest BCUT2D eigenvalue weighted by Crippen LogP contribution is -2.40. The summed E-state index contributed by atoms with van der Waals surface area (Å²) in [5, 5.41) is 7.22. The number of fused-ring (bicyclic) bond motifs is 1. The van der Waals surface area contributed by atoms with Crippen molar-refractivity contribution in [3.8, 4) is 0 Å². The van der Waals surface area contributed by atoms with E-state index in [4.69, 9.17) is 23.2 Å². The Morgan fingerprint density at radius 1 is 1.08 bits per heavy atom. The highest BCUT2D eigenvalue weighted by Gasteiger charge is 2.40. The molecule has 2 aliphatic rings. The van der Waals surface area contributed by atoms with Crippen LogP contribution < -0.4 is 5.32 Å². The highest BCUT2D eigenvalue weighted by Crippen LogP contribution is 2.40. The molecular formula is C26H23Cl2F3N4O. The number of anilines is 1. The number of carbonyl (C=O) groups is 1. The smallest absolute Gasteiger partial charge is 0.346 e. The first-order valence-electron chi connectivity index (χ1n) is 11.7. The number of likely N-dealkylation sites (tertiary alicyclic amines) is 1. The summed E-state index contributed by atoms with van der Waals surface area (Å²) in [7, 11) is 0. The predicted octanol–water partition coefficient (Wildman–Crippen LogP) is 6.73. The van der Waals surface area contributed by atoms with Crippen LogP contribution in [0.15, 0.2) is 66.4 Å². The fourth-order valence-corrected chi connectivity index (χ4v) is 5.24. The molecule has 1 fully saturated rings. The van der Waals surface area contributed by atoms with Gasteiger partial charge >= 0.3 is 6.18 Å². The van der Waals surface area contributed by atoms with Crippen LogP contribution in [0.2, 0.25) is 10.0 Å². The van der Waals surface area contributed by atoms with Gasteiger partial charge in [-0.1, -0.05) is 59.6 Å². The molecule has 2 unspecified atom stereocenters. The summed E-state index contributed by atoms with van der Waals surface area (Å²) < 4.78 is 41.6. The summed E-state index contributed by atoms with van der Waals surface area (Å²) in [5.41, 5.74) is 0.969. The molecule has 36 heavy (non-hydrogen) atoms. The van der Waals surface area contributed by atoms with Gasteiger partial charge in [0, 0.05) is 24.9 Å². The lowest BCUT2D eigenvalue weighted by molar-refractivity contribution is -0.141. The molecule has 188 valence electrons. The van der Waals surface area contributed by atoms with Crippen LogP contribution in [0, 0.1) is 0 Å². The Kier molecular flexibility index (Phi) is 6.74. The van der Waals surface area contributed by atoms with E-state index in [2.05, 4.69) is 22.5 Å². The number of aromatic nitrogens is 2. The van der Waals surface area contributed by atoms with Crippen molar-refractivity contribution in [2.45, 2.75) is 43.9 Å². The fourth-order valence-electron chi connectivity index (χ4n) is 4.93. The van der Waals surface area contributed by atoms with Crippen molar-refractivity contribution < 1.29 is 18.0 Å². The van der Waals surface area contributed by atoms with E-state index in [1.54, 1.807) is 18.2 Å². The Balaban J connectivity index is 1.47. The number of amides is 1. The maximum absolute atomic E-state index is 13.9. The van der Waals surface area contributed by atoms with Gasteiger partial charge in [0.25, 0.3) is 5.91 Å². The lowest BCUT2D eigenvalue weighted by atomic mass is 9.96. The molecule has 2 atom stereocenters. The van der Waals surface area contributed by atoms with E-state index >= 15 is 0 Å². The molecular weight excluding hydrogens is 512 g/mol. The fraction of sp³-hybridized carbons (Fsp3) is 0.308. The second-order valence-corrected chi connectivity index (χ2v) is 9.81. The molecule has 1 aromatic heterocycles. The van der Waals surface area contributed by atoms with E-state index in [0.717, 1.165) is 31.7 Å². The highest BCUT2D eigenvalue weighted by atomic mass is 35.5. The van der Waals surface area contributed by atoms with E-state index in [-0.39, 0.29) is 22.8 Å². The van der Waals surface area contributed by atoms with Crippen LogP contribution in [0.25, 0.3) is 0 Å². The highest BCUT2D eigenvalue weighted by molar-refractivity contribution is 6.42. The number of rotatable bonds is 5. The molecule has 1 amide bonds. The van der Waals surface area contributed by atoms with Crippen molar-refractivity contribution in [3.05, 3.63) is 93.2 Å². The summed E-state index contributed by atoms with van der Waals surface area (Å²) >= 11 is 12.3. The number of halogens is 5. The zero-order valence-electron chi connectivity index (χ0n) is 19.1. The van der Waals surface area contributed by atoms with Gasteiger partial charge in [-0.15, -0.1) is 0 Å². The van der Waals surface area contributed by atoms with Crippen molar-refractivity contribution in [2.24, 2.45) is 0 Å². The van der Waals surface area contributed by atoms with Gasteiger partial charge < -0.3 is 10.2 Å². The summed E-state index contributed by atoms with van der Waals surface area (Å²) in [6.07, 6.45) is 0.242. The van der Waals surface area contributed by atoms with Gasteiger partial charge in [-0.25, -0.2) is 4.68 Å². The Hall–Kier alpha value is -2.97. The Morgan fingerprint density at radius 3 is 2.58 bits per heavy atom. The van der Waals surface area contributed by atoms with E-state index in [0.29, 0.717) is 22.7 Å². The van der Waals surface area contributed by atoms with Gasteiger partial charge in [0.2, 0.25) is 0 Å². The number of aryl methyl sites for hydroxylation is 1. The Bertz CT molecular complexity index is 1310. The topological polar surface area (TPSA) is 50.2 Å². The lowest BCUT2D eigenvalue weighted by Gasteiger charge is -2.32. The third kappa shape index (κ3) is 4.84. The van der Waals surface area contributed by atoms with E-state index in [9.17, 15) is 18.0 Å². The number of nitrogens with one attached hydrogen (secondary N) is 1. The molecule has 1 saturated heterocycles. The van der Waals surface area contributed by atoms with Gasteiger partial charge in [-0.05, 0) is 48.9 Å². The van der Waals surface area contributed by atoms with E-state index in [1.165, 1.54) is 16.4 Å². The Morgan fingerprint density at radius 2 is 1.86 bits per heavy atom. The van der Waals surface area contributed by atoms with Crippen LogP contribution in [-0.4, -0.2) is 33.2 Å². The summed E-state index contributed by atoms with van der Waals surface area (Å²) in [6, 6.07) is 14.9. The van der Waals surface area contributed by atoms with Gasteiger partial charge in [0.15, 0.2) is 5.69 Å². The predicted molar refractivity (Wildman–Crippen MR) is 133 cm³/mol. The molecule has 0 bridgehead atoms. The summed E-state index contributed by atoms with van der Waals surface area (Å²) in [4.78, 5) is 15.7. The zero-order chi connectivity index (χ0) is 25.4. The normalized spacial score (nSPS) is 19.6. The molecule has 2 aromatic carbocycles. The van der Waals surface area contributed by atoms with Crippen LogP contribution in [0.3, 0.4) is 0 Å². The minimum Gasteiger partial charge on any atom is -0.346 e. The molecule has 1 N–H and O–H groups in total. The van der Waals surface area contributed by atoms with Crippen molar-refractivity contribution >= 4 is 34.9 Å². The first kappa shape index (κ1) is 24.7. The molecule has 0 spiro atoms. The monoisotopic (exact) mass is 534 g/mol. The second kappa shape index (κ2) is 9.82. The zero-order valence-corrected chi connectivity index (χ0v) is 20.6. The van der Waals surface area contributed by atoms with Crippen molar-refractivity contribution in [1.29, 1.82) is 0 Å². The van der Waals surface area contributed by atoms with Crippen LogP contribution in [-0.2, 0) is 17.4 Å². The van der Waals surface area contributed by atoms with Crippen molar-refractivity contribution in [3.63, 3.8) is 0 Å². The number of benzene rings is 2. The first-order valence-corrected chi connectivity index (χ1v) is 12.4. The number of carbonyl (C=O) groups excluding carboxylic acids is 1. The molecule has 0 saturated carbocycles. The molecule has 0 radical (unpaired) electrons. The van der Waals surface area contributed by atoms with Gasteiger partial charge in [0.1, 0.15) is 11.9 Å². The molecule has 5 nitrogen and oxygen atoms in total. The maximum atomic E-state index is 13.9. The number of alkyl halides is 3. The summed E-state index contributed by atoms with van der Waals surface area (Å²) in [6.45, 7) is 0.587. The van der Waals surface area contributed by atoms with Gasteiger partial charge in [0.05, 0.1) is 15.6 Å². The van der Waals surface area contributed by atoms with Gasteiger partial charge in [-0.3, -0.25) is 4.79 Å². The van der Waals surface area contributed by atoms with E-state index in [1.807, 2.05) is 23.1 Å². The molecule has 3 heterocycles. The molecule has 0 aliphatic carbocycles. The van der Waals surface area contributed by atoms with Crippen LogP contribution >= 0.6 is 23.2 Å². The molecule has 5 rings (SSSR count).